The van der Waals surface area contributed by atoms with Crippen LogP contribution in [0.3, 0.4) is 0 Å². The van der Waals surface area contributed by atoms with Crippen molar-refractivity contribution in [1.82, 2.24) is 14.3 Å². The largest absolute Gasteiger partial charge is 0.426 e. The molecular formula is C20H23N3O3S. The van der Waals surface area contributed by atoms with Crippen molar-refractivity contribution in [2.45, 2.75) is 38.3 Å². The number of nitrogens with one attached hydrogen (secondary N) is 1. The van der Waals surface area contributed by atoms with Crippen LogP contribution in [-0.4, -0.2) is 18.0 Å². The molecule has 2 aromatic carbocycles. The monoisotopic (exact) mass is 385 g/mol. The maximum absolute atomic E-state index is 12.6. The van der Waals surface area contributed by atoms with Gasteiger partial charge in [-0.25, -0.2) is 18.1 Å². The number of sulfonamides is 1. The van der Waals surface area contributed by atoms with Crippen LogP contribution in [0.15, 0.2) is 65.7 Å². The Bertz CT molecular complexity index is 997. The van der Waals surface area contributed by atoms with Gasteiger partial charge in [0.05, 0.1) is 22.8 Å². The number of aromatic nitrogens is 2. The normalized spacial score (nSPS) is 12.7. The summed E-state index contributed by atoms with van der Waals surface area (Å²) in [4.78, 5) is 4.57. The SMILES string of the molecule is CCn1c(C(C)NS(=O)(=O)c2ccccc2)cnc1Oc1ccc(C)cc1. The predicted octanol–water partition coefficient (Wildman–Crippen LogP) is 4.04. The van der Waals surface area contributed by atoms with Gasteiger partial charge in [0.25, 0.3) is 0 Å². The second kappa shape index (κ2) is 7.94. The van der Waals surface area contributed by atoms with Gasteiger partial charge in [0, 0.05) is 6.54 Å². The van der Waals surface area contributed by atoms with Crippen molar-refractivity contribution < 1.29 is 13.2 Å². The Morgan fingerprint density at radius 1 is 1.11 bits per heavy atom. The molecule has 0 amide bonds. The van der Waals surface area contributed by atoms with Crippen LogP contribution >= 0.6 is 0 Å². The van der Waals surface area contributed by atoms with Crippen LogP contribution in [0.4, 0.5) is 0 Å². The van der Waals surface area contributed by atoms with Gasteiger partial charge in [-0.1, -0.05) is 35.9 Å². The molecule has 0 aliphatic rings. The maximum Gasteiger partial charge on any atom is 0.302 e. The number of ether oxygens (including phenoxy) is 1. The Morgan fingerprint density at radius 3 is 2.41 bits per heavy atom. The van der Waals surface area contributed by atoms with Crippen molar-refractivity contribution in [3.05, 3.63) is 72.1 Å². The van der Waals surface area contributed by atoms with E-state index in [0.717, 1.165) is 11.3 Å². The second-order valence-corrected chi connectivity index (χ2v) is 8.00. The summed E-state index contributed by atoms with van der Waals surface area (Å²) >= 11 is 0. The first kappa shape index (κ1) is 19.1. The Morgan fingerprint density at radius 2 is 1.78 bits per heavy atom. The Hall–Kier alpha value is -2.64. The molecule has 1 N–H and O–H groups in total. The number of aryl methyl sites for hydroxylation is 1. The van der Waals surface area contributed by atoms with E-state index in [4.69, 9.17) is 4.74 Å². The van der Waals surface area contributed by atoms with Crippen molar-refractivity contribution in [2.75, 3.05) is 0 Å². The number of hydrogen-bond acceptors (Lipinski definition) is 4. The zero-order chi connectivity index (χ0) is 19.4. The summed E-state index contributed by atoms with van der Waals surface area (Å²) in [5.74, 6) is 0.685. The summed E-state index contributed by atoms with van der Waals surface area (Å²) in [6.45, 7) is 6.37. The van der Waals surface area contributed by atoms with Gasteiger partial charge in [0.15, 0.2) is 0 Å². The van der Waals surface area contributed by atoms with Crippen LogP contribution < -0.4 is 9.46 Å². The summed E-state index contributed by atoms with van der Waals surface area (Å²) in [7, 11) is -3.62. The number of rotatable bonds is 7. The molecule has 0 aliphatic heterocycles. The predicted molar refractivity (Wildman–Crippen MR) is 104 cm³/mol. The summed E-state index contributed by atoms with van der Waals surface area (Å²) in [5, 5.41) is 0. The Labute approximate surface area is 159 Å². The van der Waals surface area contributed by atoms with E-state index in [1.54, 1.807) is 43.5 Å². The van der Waals surface area contributed by atoms with Gasteiger partial charge in [-0.05, 0) is 45.0 Å². The first-order valence-electron chi connectivity index (χ1n) is 8.78. The molecule has 7 heteroatoms. The second-order valence-electron chi connectivity index (χ2n) is 6.28. The fourth-order valence-corrected chi connectivity index (χ4v) is 4.03. The van der Waals surface area contributed by atoms with E-state index in [-0.39, 0.29) is 4.90 Å². The van der Waals surface area contributed by atoms with E-state index in [1.807, 2.05) is 42.7 Å². The Balaban J connectivity index is 1.82. The topological polar surface area (TPSA) is 73.2 Å². The highest BCUT2D eigenvalue weighted by Crippen LogP contribution is 2.25. The molecule has 3 rings (SSSR count). The first-order valence-corrected chi connectivity index (χ1v) is 10.3. The van der Waals surface area contributed by atoms with E-state index in [9.17, 15) is 8.42 Å². The molecule has 6 nitrogen and oxygen atoms in total. The molecule has 0 fully saturated rings. The number of nitrogens with zero attached hydrogens (tertiary/aromatic N) is 2. The fourth-order valence-electron chi connectivity index (χ4n) is 2.79. The van der Waals surface area contributed by atoms with E-state index in [2.05, 4.69) is 9.71 Å². The van der Waals surface area contributed by atoms with Crippen molar-refractivity contribution >= 4 is 10.0 Å². The van der Waals surface area contributed by atoms with Crippen molar-refractivity contribution in [2.24, 2.45) is 0 Å². The zero-order valence-electron chi connectivity index (χ0n) is 15.6. The summed E-state index contributed by atoms with van der Waals surface area (Å²) in [6.07, 6.45) is 1.64. The lowest BCUT2D eigenvalue weighted by molar-refractivity contribution is 0.408. The maximum atomic E-state index is 12.6. The molecule has 1 aromatic heterocycles. The van der Waals surface area contributed by atoms with Crippen molar-refractivity contribution in [3.63, 3.8) is 0 Å². The van der Waals surface area contributed by atoms with Gasteiger partial charge in [-0.2, -0.15) is 0 Å². The zero-order valence-corrected chi connectivity index (χ0v) is 16.4. The van der Waals surface area contributed by atoms with Crippen LogP contribution in [0.1, 0.15) is 31.1 Å². The van der Waals surface area contributed by atoms with Crippen LogP contribution in [0.2, 0.25) is 0 Å². The highest BCUT2D eigenvalue weighted by atomic mass is 32.2. The fraction of sp³-hybridized carbons (Fsp3) is 0.250. The molecular weight excluding hydrogens is 362 g/mol. The van der Waals surface area contributed by atoms with Gasteiger partial charge in [0.2, 0.25) is 10.0 Å². The standard InChI is InChI=1S/C20H23N3O3S/c1-4-23-19(14-21-20(23)26-17-12-10-15(2)11-13-17)16(3)22-27(24,25)18-8-6-5-7-9-18/h5-14,16,22H,4H2,1-3H3. The third-order valence-electron chi connectivity index (χ3n) is 4.23. The van der Waals surface area contributed by atoms with Crippen LogP contribution in [0, 0.1) is 6.92 Å². The third kappa shape index (κ3) is 4.37. The van der Waals surface area contributed by atoms with Crippen molar-refractivity contribution in [3.8, 4) is 11.8 Å². The van der Waals surface area contributed by atoms with E-state index >= 15 is 0 Å². The molecule has 0 saturated heterocycles. The molecule has 27 heavy (non-hydrogen) atoms. The van der Waals surface area contributed by atoms with Gasteiger partial charge >= 0.3 is 6.01 Å². The minimum absolute atomic E-state index is 0.232. The lowest BCUT2D eigenvalue weighted by Crippen LogP contribution is -2.28. The van der Waals surface area contributed by atoms with Gasteiger partial charge in [-0.3, -0.25) is 4.57 Å². The number of benzene rings is 2. The molecule has 0 saturated carbocycles. The quantitative estimate of drug-likeness (QED) is 0.666. The van der Waals surface area contributed by atoms with Gasteiger partial charge < -0.3 is 4.74 Å². The minimum atomic E-state index is -3.62. The summed E-state index contributed by atoms with van der Waals surface area (Å²) in [5.41, 5.74) is 1.88. The summed E-state index contributed by atoms with van der Waals surface area (Å²) < 4.78 is 35.6. The molecule has 142 valence electrons. The third-order valence-corrected chi connectivity index (χ3v) is 5.78. The van der Waals surface area contributed by atoms with Gasteiger partial charge in [0.1, 0.15) is 5.75 Å². The van der Waals surface area contributed by atoms with Crippen molar-refractivity contribution in [1.29, 1.82) is 0 Å². The molecule has 0 bridgehead atoms. The average Bonchev–Trinajstić information content (AvgIpc) is 3.07. The van der Waals surface area contributed by atoms with Crippen LogP contribution in [0.25, 0.3) is 0 Å². The Kier molecular flexibility index (Phi) is 5.62. The molecule has 0 radical (unpaired) electrons. The number of hydrogen-bond donors (Lipinski definition) is 1. The molecule has 0 spiro atoms. The summed E-state index contributed by atoms with van der Waals surface area (Å²) in [6, 6.07) is 16.0. The average molecular weight is 385 g/mol. The molecule has 1 heterocycles. The van der Waals surface area contributed by atoms with E-state index in [0.29, 0.717) is 18.3 Å². The molecule has 0 aliphatic carbocycles. The molecule has 1 atom stereocenters. The van der Waals surface area contributed by atoms with Crippen LogP contribution in [-0.2, 0) is 16.6 Å². The first-order chi connectivity index (χ1) is 12.9. The smallest absolute Gasteiger partial charge is 0.302 e. The van der Waals surface area contributed by atoms with E-state index < -0.39 is 16.1 Å². The molecule has 1 unspecified atom stereocenters. The minimum Gasteiger partial charge on any atom is -0.426 e. The number of imidazole rings is 1. The molecule has 3 aromatic rings. The highest BCUT2D eigenvalue weighted by Gasteiger charge is 2.22. The lowest BCUT2D eigenvalue weighted by atomic mass is 10.2. The van der Waals surface area contributed by atoms with Gasteiger partial charge in [-0.15, -0.1) is 0 Å². The van der Waals surface area contributed by atoms with E-state index in [1.165, 1.54) is 0 Å². The lowest BCUT2D eigenvalue weighted by Gasteiger charge is -2.17. The highest BCUT2D eigenvalue weighted by molar-refractivity contribution is 7.89. The van der Waals surface area contributed by atoms with Crippen LogP contribution in [0.5, 0.6) is 11.8 Å².